The molecule has 2 atom stereocenters. The Morgan fingerprint density at radius 1 is 0.652 bits per heavy atom. The van der Waals surface area contributed by atoms with Gasteiger partial charge in [-0.15, -0.1) is 0 Å². The van der Waals surface area contributed by atoms with Gasteiger partial charge in [0.1, 0.15) is 21.1 Å². The van der Waals surface area contributed by atoms with Crippen LogP contribution in [-0.4, -0.2) is 96.9 Å². The van der Waals surface area contributed by atoms with Gasteiger partial charge in [0.25, 0.3) is 20.2 Å². The molecule has 4 aromatic carbocycles. The predicted octanol–water partition coefficient (Wildman–Crippen LogP) is 5.47. The number of hydrogen-bond acceptors (Lipinski definition) is 13. The van der Waals surface area contributed by atoms with E-state index in [4.69, 9.17) is 19.6 Å². The van der Waals surface area contributed by atoms with Gasteiger partial charge in [-0.2, -0.15) is 16.8 Å². The first-order chi connectivity index (χ1) is 31.0. The van der Waals surface area contributed by atoms with Crippen molar-refractivity contribution in [3.05, 3.63) is 105 Å². The summed E-state index contributed by atoms with van der Waals surface area (Å²) in [6, 6.07) is 15.0. The fraction of sp³-hybridized carbons (Fsp3) is 0.267. The van der Waals surface area contributed by atoms with Crippen molar-refractivity contribution in [3.63, 3.8) is 0 Å². The summed E-state index contributed by atoms with van der Waals surface area (Å²) in [6.07, 6.45) is -2.34. The highest BCUT2D eigenvalue weighted by molar-refractivity contribution is 7.86. The van der Waals surface area contributed by atoms with Crippen molar-refractivity contribution >= 4 is 71.7 Å². The Hall–Kier alpha value is -6.43. The highest BCUT2D eigenvalue weighted by Gasteiger charge is 2.27. The first-order valence-electron chi connectivity index (χ1n) is 20.3. The molecule has 4 amide bonds. The molecule has 0 radical (unpaired) electrons. The van der Waals surface area contributed by atoms with Gasteiger partial charge in [-0.3, -0.25) is 9.11 Å². The molecule has 21 heteroatoms. The van der Waals surface area contributed by atoms with Gasteiger partial charge < -0.3 is 51.4 Å². The Kier molecular flexibility index (Phi) is 14.5. The number of anilines is 4. The molecule has 66 heavy (non-hydrogen) atoms. The summed E-state index contributed by atoms with van der Waals surface area (Å²) in [5.41, 5.74) is 6.15. The first kappa shape index (κ1) is 49.0. The summed E-state index contributed by atoms with van der Waals surface area (Å²) < 4.78 is 79.7. The van der Waals surface area contributed by atoms with E-state index >= 15 is 0 Å². The average Bonchev–Trinajstić information content (AvgIpc) is 3.25. The molecule has 1 aliphatic heterocycles. The minimum atomic E-state index is -5.08. The molecule has 6 rings (SSSR count). The van der Waals surface area contributed by atoms with Gasteiger partial charge in [0.15, 0.2) is 0 Å². The van der Waals surface area contributed by atoms with E-state index in [1.807, 2.05) is 19.9 Å². The van der Waals surface area contributed by atoms with Crippen LogP contribution in [0.25, 0.3) is 33.4 Å². The van der Waals surface area contributed by atoms with E-state index in [0.29, 0.717) is 45.0 Å². The minimum Gasteiger partial charge on any atom is -0.456 e. The van der Waals surface area contributed by atoms with E-state index < -0.39 is 67.5 Å². The number of amides is 4. The Morgan fingerprint density at radius 2 is 1.20 bits per heavy atom. The van der Waals surface area contributed by atoms with Crippen LogP contribution in [0.5, 0.6) is 0 Å². The molecule has 0 saturated carbocycles. The highest BCUT2D eigenvalue weighted by atomic mass is 32.2. The molecule has 0 spiro atoms. The number of carbonyl (C=O) groups is 2. The van der Waals surface area contributed by atoms with Gasteiger partial charge >= 0.3 is 12.1 Å². The SMILES string of the molecule is Cc1cc(C)c(NC(=O)NCC(O)CO)c(C)c1/N=c1/cc2oc3cc(Nc4c(C)cc(C)c(NC(=O)NCC(O)CO)c4C)ccc3c(-c3ccccc3S(=O)(=O)O)c-2cc1S(=O)(=O)O. The van der Waals surface area contributed by atoms with Crippen LogP contribution in [-0.2, 0) is 20.2 Å². The third-order valence-corrected chi connectivity index (χ3v) is 12.6. The minimum absolute atomic E-state index is 0.0139. The Labute approximate surface area is 380 Å². The standard InChI is InChI=1S/C45H50N6O13S2/c1-22-13-24(3)42(50-44(56)46-18-29(54)20-52)26(5)40(22)48-28-11-12-31-35(15-28)64-36-17-34(49-41-23(2)14-25(4)43(27(41)6)51-45(57)47-19-30(55)21-53)38(66(61,62)63)16-33(36)39(31)32-9-7-8-10-37(32)65(58,59)60/h7-17,29-30,48,52-55H,18-21H2,1-6H3,(H2,46,50,56)(H2,47,51,57)(H,58,59,60)(H,61,62,63)/b49-34-. The number of fused-ring (bicyclic) bond motifs is 2. The molecule has 350 valence electrons. The third kappa shape index (κ3) is 10.6. The van der Waals surface area contributed by atoms with Crippen molar-refractivity contribution in [1.82, 2.24) is 10.6 Å². The molecule has 1 heterocycles. The normalized spacial score (nSPS) is 13.1. The largest absolute Gasteiger partial charge is 0.456 e. The van der Waals surface area contributed by atoms with Gasteiger partial charge in [0.05, 0.1) is 47.8 Å². The van der Waals surface area contributed by atoms with Gasteiger partial charge in [-0.25, -0.2) is 14.6 Å². The molecule has 2 unspecified atom stereocenters. The number of benzene rings is 5. The van der Waals surface area contributed by atoms with Crippen LogP contribution in [0.15, 0.2) is 85.9 Å². The van der Waals surface area contributed by atoms with E-state index in [9.17, 15) is 45.7 Å². The van der Waals surface area contributed by atoms with Crippen molar-refractivity contribution in [2.24, 2.45) is 4.99 Å². The quantitative estimate of drug-likeness (QED) is 0.0477. The Balaban J connectivity index is 1.58. The number of carbonyl (C=O) groups excluding carboxylic acids is 2. The molecule has 4 aromatic rings. The lowest BCUT2D eigenvalue weighted by Crippen LogP contribution is -2.37. The van der Waals surface area contributed by atoms with E-state index in [-0.39, 0.29) is 57.6 Å². The predicted molar refractivity (Wildman–Crippen MR) is 248 cm³/mol. The molecular formula is C45H50N6O13S2. The van der Waals surface area contributed by atoms with Gasteiger partial charge in [-0.05, 0) is 99.2 Å². The molecule has 2 aliphatic rings. The van der Waals surface area contributed by atoms with Gasteiger partial charge in [0.2, 0.25) is 0 Å². The van der Waals surface area contributed by atoms with E-state index in [2.05, 4.69) is 26.6 Å². The molecule has 1 aliphatic carbocycles. The number of nitrogens with one attached hydrogen (secondary N) is 5. The van der Waals surface area contributed by atoms with Crippen molar-refractivity contribution in [1.29, 1.82) is 0 Å². The number of aliphatic hydroxyl groups is 4. The first-order valence-corrected chi connectivity index (χ1v) is 23.2. The van der Waals surface area contributed by atoms with Crippen molar-refractivity contribution in [2.75, 3.05) is 42.3 Å². The van der Waals surface area contributed by atoms with Crippen LogP contribution >= 0.6 is 0 Å². The second kappa shape index (κ2) is 19.6. The van der Waals surface area contributed by atoms with Crippen molar-refractivity contribution in [2.45, 2.75) is 63.5 Å². The number of aryl methyl sites for hydroxylation is 4. The fourth-order valence-corrected chi connectivity index (χ4v) is 9.04. The van der Waals surface area contributed by atoms with Crippen molar-refractivity contribution in [3.8, 4) is 22.5 Å². The number of rotatable bonds is 14. The summed E-state index contributed by atoms with van der Waals surface area (Å²) in [4.78, 5) is 29.1. The van der Waals surface area contributed by atoms with Crippen LogP contribution < -0.4 is 31.9 Å². The maximum atomic E-state index is 13.2. The molecular weight excluding hydrogens is 897 g/mol. The molecule has 0 aromatic heterocycles. The third-order valence-electron chi connectivity index (χ3n) is 10.8. The maximum absolute atomic E-state index is 13.2. The molecule has 11 N–H and O–H groups in total. The van der Waals surface area contributed by atoms with E-state index in [1.54, 1.807) is 52.0 Å². The Bertz CT molecular complexity index is 3150. The lowest BCUT2D eigenvalue weighted by molar-refractivity contribution is 0.0965. The monoisotopic (exact) mass is 946 g/mol. The number of aliphatic hydroxyl groups excluding tert-OH is 4. The lowest BCUT2D eigenvalue weighted by atomic mass is 9.93. The highest BCUT2D eigenvalue weighted by Crippen LogP contribution is 2.44. The number of hydrogen-bond donors (Lipinski definition) is 11. The zero-order valence-corrected chi connectivity index (χ0v) is 38.3. The van der Waals surface area contributed by atoms with E-state index in [1.165, 1.54) is 30.3 Å². The second-order valence-electron chi connectivity index (χ2n) is 15.8. The second-order valence-corrected chi connectivity index (χ2v) is 18.6. The van der Waals surface area contributed by atoms with Crippen molar-refractivity contribution < 1.29 is 60.4 Å². The fourth-order valence-electron chi connectivity index (χ4n) is 7.71. The molecule has 0 bridgehead atoms. The number of urea groups is 2. The zero-order chi connectivity index (χ0) is 48.4. The number of nitrogens with zero attached hydrogens (tertiary/aromatic N) is 1. The van der Waals surface area contributed by atoms with Crippen LogP contribution in [0, 0.1) is 41.5 Å². The van der Waals surface area contributed by atoms with Crippen LogP contribution in [0.2, 0.25) is 0 Å². The average molecular weight is 947 g/mol. The van der Waals surface area contributed by atoms with Crippen LogP contribution in [0.1, 0.15) is 33.4 Å². The summed E-state index contributed by atoms with van der Waals surface area (Å²) in [5.74, 6) is -0.0139. The maximum Gasteiger partial charge on any atom is 0.319 e. The summed E-state index contributed by atoms with van der Waals surface area (Å²) in [6.45, 7) is 9.01. The van der Waals surface area contributed by atoms with Crippen LogP contribution in [0.3, 0.4) is 0 Å². The molecule has 0 saturated heterocycles. The summed E-state index contributed by atoms with van der Waals surface area (Å²) >= 11 is 0. The summed E-state index contributed by atoms with van der Waals surface area (Å²) in [7, 11) is -9.95. The smallest absolute Gasteiger partial charge is 0.319 e. The zero-order valence-electron chi connectivity index (χ0n) is 36.6. The Morgan fingerprint density at radius 3 is 1.77 bits per heavy atom. The van der Waals surface area contributed by atoms with E-state index in [0.717, 1.165) is 17.2 Å². The van der Waals surface area contributed by atoms with Crippen LogP contribution in [0.4, 0.5) is 38.0 Å². The molecule has 19 nitrogen and oxygen atoms in total. The van der Waals surface area contributed by atoms with Gasteiger partial charge in [-0.1, -0.05) is 30.3 Å². The van der Waals surface area contributed by atoms with Gasteiger partial charge in [0, 0.05) is 58.7 Å². The molecule has 0 fully saturated rings. The lowest BCUT2D eigenvalue weighted by Gasteiger charge is -2.21. The topological polar surface area (TPSA) is 309 Å². The summed E-state index contributed by atoms with van der Waals surface area (Å²) in [5, 5.41) is 51.5.